The van der Waals surface area contributed by atoms with E-state index in [-0.39, 0.29) is 0 Å². The maximum absolute atomic E-state index is 4.10. The van der Waals surface area contributed by atoms with Crippen molar-refractivity contribution < 1.29 is 0 Å². The molecule has 0 aliphatic carbocycles. The van der Waals surface area contributed by atoms with Crippen molar-refractivity contribution >= 4 is 11.2 Å². The highest BCUT2D eigenvalue weighted by Gasteiger charge is 1.92. The third-order valence-electron chi connectivity index (χ3n) is 1.68. The Morgan fingerprint density at radius 3 is 3.09 bits per heavy atom. The molecule has 2 aromatic heterocycles. The number of nitrogens with one attached hydrogen (secondary N) is 1. The zero-order chi connectivity index (χ0) is 7.68. The van der Waals surface area contributed by atoms with Crippen molar-refractivity contribution in [3.05, 3.63) is 30.6 Å². The number of rotatable bonds is 1. The van der Waals surface area contributed by atoms with Gasteiger partial charge in [-0.15, -0.1) is 0 Å². The predicted octanol–water partition coefficient (Wildman–Crippen LogP) is 1.38. The molecule has 3 heteroatoms. The molecular formula is C8H9N3. The fourth-order valence-electron chi connectivity index (χ4n) is 1.06. The molecule has 0 fully saturated rings. The first-order valence-corrected chi connectivity index (χ1v) is 3.51. The monoisotopic (exact) mass is 147 g/mol. The molecule has 0 aliphatic rings. The molecule has 0 saturated heterocycles. The van der Waals surface area contributed by atoms with Crippen LogP contribution >= 0.6 is 0 Å². The lowest BCUT2D eigenvalue weighted by atomic mass is 10.4. The zero-order valence-corrected chi connectivity index (χ0v) is 6.28. The van der Waals surface area contributed by atoms with E-state index in [2.05, 4.69) is 10.4 Å². The Bertz CT molecular complexity index is 364. The lowest BCUT2D eigenvalue weighted by molar-refractivity contribution is 0.962. The van der Waals surface area contributed by atoms with Crippen LogP contribution in [0.4, 0.5) is 5.69 Å². The van der Waals surface area contributed by atoms with Gasteiger partial charge in [0.2, 0.25) is 0 Å². The fraction of sp³-hybridized carbons (Fsp3) is 0.125. The number of aromatic nitrogens is 2. The van der Waals surface area contributed by atoms with Gasteiger partial charge >= 0.3 is 0 Å². The Balaban J connectivity index is 2.67. The second-order valence-electron chi connectivity index (χ2n) is 2.37. The molecule has 0 atom stereocenters. The van der Waals surface area contributed by atoms with Gasteiger partial charge in [-0.1, -0.05) is 0 Å². The number of nitrogens with zero attached hydrogens (tertiary/aromatic N) is 2. The van der Waals surface area contributed by atoms with E-state index < -0.39 is 0 Å². The largest absolute Gasteiger partial charge is 0.387 e. The normalized spacial score (nSPS) is 10.3. The minimum Gasteiger partial charge on any atom is -0.387 e. The Hall–Kier alpha value is -1.51. The molecule has 0 saturated carbocycles. The highest BCUT2D eigenvalue weighted by Crippen LogP contribution is 2.08. The minimum atomic E-state index is 1.07. The summed E-state index contributed by atoms with van der Waals surface area (Å²) in [6.45, 7) is 0. The van der Waals surface area contributed by atoms with E-state index in [0.717, 1.165) is 11.2 Å². The maximum Gasteiger partial charge on any atom is 0.0663 e. The minimum absolute atomic E-state index is 1.07. The summed E-state index contributed by atoms with van der Waals surface area (Å²) in [5, 5.41) is 7.15. The summed E-state index contributed by atoms with van der Waals surface area (Å²) in [4.78, 5) is 0. The van der Waals surface area contributed by atoms with Gasteiger partial charge in [0.25, 0.3) is 0 Å². The van der Waals surface area contributed by atoms with Crippen LogP contribution in [0.5, 0.6) is 0 Å². The van der Waals surface area contributed by atoms with Crippen molar-refractivity contribution in [3.8, 4) is 0 Å². The summed E-state index contributed by atoms with van der Waals surface area (Å²) in [5.41, 5.74) is 2.19. The van der Waals surface area contributed by atoms with E-state index in [9.17, 15) is 0 Å². The highest BCUT2D eigenvalue weighted by atomic mass is 15.2. The van der Waals surface area contributed by atoms with Gasteiger partial charge in [-0.05, 0) is 18.2 Å². The van der Waals surface area contributed by atoms with Crippen LogP contribution in [0.1, 0.15) is 0 Å². The first kappa shape index (κ1) is 6.22. The van der Waals surface area contributed by atoms with Gasteiger partial charge < -0.3 is 5.32 Å². The van der Waals surface area contributed by atoms with E-state index >= 15 is 0 Å². The van der Waals surface area contributed by atoms with Gasteiger partial charge in [-0.3, -0.25) is 0 Å². The summed E-state index contributed by atoms with van der Waals surface area (Å²) < 4.78 is 1.84. The van der Waals surface area contributed by atoms with Gasteiger partial charge in [0.05, 0.1) is 17.4 Å². The average Bonchev–Trinajstić information content (AvgIpc) is 2.50. The molecule has 2 heterocycles. The Morgan fingerprint density at radius 1 is 1.36 bits per heavy atom. The molecule has 0 amide bonds. The molecule has 3 nitrogen and oxygen atoms in total. The summed E-state index contributed by atoms with van der Waals surface area (Å²) in [6.07, 6.45) is 3.74. The number of fused-ring (bicyclic) bond motifs is 1. The van der Waals surface area contributed by atoms with E-state index in [4.69, 9.17) is 0 Å². The summed E-state index contributed by atoms with van der Waals surface area (Å²) in [5.74, 6) is 0. The van der Waals surface area contributed by atoms with Gasteiger partial charge in [0, 0.05) is 13.2 Å². The van der Waals surface area contributed by atoms with Crippen molar-refractivity contribution in [2.24, 2.45) is 0 Å². The topological polar surface area (TPSA) is 29.3 Å². The van der Waals surface area contributed by atoms with Crippen LogP contribution in [0.25, 0.3) is 5.52 Å². The number of anilines is 1. The molecule has 0 radical (unpaired) electrons. The Kier molecular flexibility index (Phi) is 1.28. The molecule has 0 bridgehead atoms. The number of hydrogen-bond donors (Lipinski definition) is 1. The molecule has 0 spiro atoms. The summed E-state index contributed by atoms with van der Waals surface area (Å²) >= 11 is 0. The third kappa shape index (κ3) is 0.941. The van der Waals surface area contributed by atoms with Gasteiger partial charge in [0.1, 0.15) is 0 Å². The van der Waals surface area contributed by atoms with Gasteiger partial charge in [-0.25, -0.2) is 4.52 Å². The zero-order valence-electron chi connectivity index (χ0n) is 6.28. The van der Waals surface area contributed by atoms with Crippen molar-refractivity contribution in [3.63, 3.8) is 0 Å². The van der Waals surface area contributed by atoms with Gasteiger partial charge in [-0.2, -0.15) is 5.10 Å². The van der Waals surface area contributed by atoms with E-state index in [1.54, 1.807) is 6.20 Å². The molecule has 2 aromatic rings. The smallest absolute Gasteiger partial charge is 0.0663 e. The SMILES string of the molecule is CNc1ccc2ccnn2c1. The van der Waals surface area contributed by atoms with Crippen LogP contribution < -0.4 is 5.32 Å². The quantitative estimate of drug-likeness (QED) is 0.660. The van der Waals surface area contributed by atoms with Crippen LogP contribution in [0.2, 0.25) is 0 Å². The van der Waals surface area contributed by atoms with E-state index in [1.165, 1.54) is 0 Å². The second-order valence-corrected chi connectivity index (χ2v) is 2.37. The van der Waals surface area contributed by atoms with Crippen LogP contribution in [0.15, 0.2) is 30.6 Å². The number of hydrogen-bond acceptors (Lipinski definition) is 2. The van der Waals surface area contributed by atoms with Gasteiger partial charge in [0.15, 0.2) is 0 Å². The summed E-state index contributed by atoms with van der Waals surface area (Å²) in [6, 6.07) is 6.02. The van der Waals surface area contributed by atoms with Crippen molar-refractivity contribution in [2.45, 2.75) is 0 Å². The fourth-order valence-corrected chi connectivity index (χ4v) is 1.06. The molecule has 56 valence electrons. The van der Waals surface area contributed by atoms with Crippen LogP contribution in [0, 0.1) is 0 Å². The molecule has 1 N–H and O–H groups in total. The Morgan fingerprint density at radius 2 is 2.27 bits per heavy atom. The lowest BCUT2D eigenvalue weighted by Crippen LogP contribution is -1.92. The molecule has 0 unspecified atom stereocenters. The lowest BCUT2D eigenvalue weighted by Gasteiger charge is -1.98. The van der Waals surface area contributed by atoms with Crippen molar-refractivity contribution in [2.75, 3.05) is 12.4 Å². The summed E-state index contributed by atoms with van der Waals surface area (Å²) in [7, 11) is 1.89. The molecule has 0 aliphatic heterocycles. The average molecular weight is 147 g/mol. The van der Waals surface area contributed by atoms with E-state index in [1.807, 2.05) is 36.0 Å². The van der Waals surface area contributed by atoms with Crippen LogP contribution in [-0.2, 0) is 0 Å². The predicted molar refractivity (Wildman–Crippen MR) is 44.7 cm³/mol. The highest BCUT2D eigenvalue weighted by molar-refractivity contribution is 5.52. The molecule has 11 heavy (non-hydrogen) atoms. The second kappa shape index (κ2) is 2.27. The standard InChI is InChI=1S/C8H9N3/c1-9-7-2-3-8-4-5-10-11(8)6-7/h2-6,9H,1H3. The molecule has 0 aromatic carbocycles. The van der Waals surface area contributed by atoms with Crippen molar-refractivity contribution in [1.29, 1.82) is 0 Å². The first-order valence-electron chi connectivity index (χ1n) is 3.51. The van der Waals surface area contributed by atoms with Crippen LogP contribution in [0.3, 0.4) is 0 Å². The maximum atomic E-state index is 4.10. The Labute approximate surface area is 64.7 Å². The third-order valence-corrected chi connectivity index (χ3v) is 1.68. The molecular weight excluding hydrogens is 138 g/mol. The van der Waals surface area contributed by atoms with Crippen molar-refractivity contribution in [1.82, 2.24) is 9.61 Å². The van der Waals surface area contributed by atoms with E-state index in [0.29, 0.717) is 0 Å². The number of pyridine rings is 1. The van der Waals surface area contributed by atoms with Crippen LogP contribution in [-0.4, -0.2) is 16.7 Å². The first-order chi connectivity index (χ1) is 5.40. The molecule has 2 rings (SSSR count).